The maximum absolute atomic E-state index is 5.74. The standard InChI is InChI=1S/C17H35NO/c1-5-6-7-8-9-10-11-12-13-14-15-17(2,3)19-16-18-4/h6-7,18H,5,8-16H2,1-4H3/b7-6+. The molecule has 0 amide bonds. The lowest BCUT2D eigenvalue weighted by Crippen LogP contribution is -2.28. The average Bonchev–Trinajstić information content (AvgIpc) is 2.38. The van der Waals surface area contributed by atoms with Crippen LogP contribution in [0.4, 0.5) is 0 Å². The van der Waals surface area contributed by atoms with Gasteiger partial charge in [0.1, 0.15) is 0 Å². The van der Waals surface area contributed by atoms with Gasteiger partial charge in [-0.05, 0) is 46.6 Å². The largest absolute Gasteiger partial charge is 0.360 e. The minimum Gasteiger partial charge on any atom is -0.360 e. The molecule has 0 saturated heterocycles. The number of rotatable bonds is 13. The Kier molecular flexibility index (Phi) is 12.5. The van der Waals surface area contributed by atoms with Gasteiger partial charge >= 0.3 is 0 Å². The Morgan fingerprint density at radius 3 is 2.21 bits per heavy atom. The van der Waals surface area contributed by atoms with Crippen LogP contribution in [0.5, 0.6) is 0 Å². The monoisotopic (exact) mass is 269 g/mol. The highest BCUT2D eigenvalue weighted by atomic mass is 16.5. The summed E-state index contributed by atoms with van der Waals surface area (Å²) in [4.78, 5) is 0. The molecule has 0 radical (unpaired) electrons. The third kappa shape index (κ3) is 13.9. The Bertz CT molecular complexity index is 211. The number of unbranched alkanes of at least 4 members (excludes halogenated alkanes) is 6. The Hall–Kier alpha value is -0.340. The molecule has 0 unspecified atom stereocenters. The Morgan fingerprint density at radius 1 is 0.947 bits per heavy atom. The van der Waals surface area contributed by atoms with Gasteiger partial charge in [0.05, 0.1) is 12.3 Å². The van der Waals surface area contributed by atoms with Crippen molar-refractivity contribution in [2.75, 3.05) is 13.8 Å². The molecule has 2 heteroatoms. The van der Waals surface area contributed by atoms with E-state index in [0.717, 1.165) is 6.42 Å². The first kappa shape index (κ1) is 18.7. The fraction of sp³-hybridized carbons (Fsp3) is 0.882. The van der Waals surface area contributed by atoms with Crippen molar-refractivity contribution in [1.82, 2.24) is 5.32 Å². The van der Waals surface area contributed by atoms with Gasteiger partial charge in [0.25, 0.3) is 0 Å². The molecule has 0 spiro atoms. The van der Waals surface area contributed by atoms with E-state index in [0.29, 0.717) is 6.73 Å². The van der Waals surface area contributed by atoms with Crippen LogP contribution in [0.3, 0.4) is 0 Å². The third-order valence-electron chi connectivity index (χ3n) is 3.41. The van der Waals surface area contributed by atoms with Gasteiger partial charge in [-0.3, -0.25) is 5.32 Å². The molecular formula is C17H35NO. The minimum atomic E-state index is 0.0218. The lowest BCUT2D eigenvalue weighted by atomic mass is 9.99. The molecular weight excluding hydrogens is 234 g/mol. The van der Waals surface area contributed by atoms with E-state index in [1.807, 2.05) is 7.05 Å². The van der Waals surface area contributed by atoms with Gasteiger partial charge in [-0.15, -0.1) is 0 Å². The average molecular weight is 269 g/mol. The van der Waals surface area contributed by atoms with Gasteiger partial charge < -0.3 is 4.74 Å². The van der Waals surface area contributed by atoms with E-state index < -0.39 is 0 Å². The Labute approximate surface area is 121 Å². The van der Waals surface area contributed by atoms with Crippen molar-refractivity contribution in [3.05, 3.63) is 12.2 Å². The lowest BCUT2D eigenvalue weighted by Gasteiger charge is -2.25. The number of ether oxygens (including phenoxy) is 1. The van der Waals surface area contributed by atoms with E-state index >= 15 is 0 Å². The number of hydrogen-bond donors (Lipinski definition) is 1. The van der Waals surface area contributed by atoms with Crippen molar-refractivity contribution in [3.8, 4) is 0 Å². The third-order valence-corrected chi connectivity index (χ3v) is 3.41. The molecule has 0 aromatic heterocycles. The fourth-order valence-electron chi connectivity index (χ4n) is 2.14. The Morgan fingerprint density at radius 2 is 1.58 bits per heavy atom. The molecule has 114 valence electrons. The first-order chi connectivity index (χ1) is 9.12. The van der Waals surface area contributed by atoms with Gasteiger partial charge in [-0.25, -0.2) is 0 Å². The molecule has 2 nitrogen and oxygen atoms in total. The molecule has 0 aliphatic heterocycles. The van der Waals surface area contributed by atoms with Crippen molar-refractivity contribution in [3.63, 3.8) is 0 Å². The summed E-state index contributed by atoms with van der Waals surface area (Å²) in [6.45, 7) is 7.21. The summed E-state index contributed by atoms with van der Waals surface area (Å²) >= 11 is 0. The quantitative estimate of drug-likeness (QED) is 0.287. The van der Waals surface area contributed by atoms with Crippen LogP contribution in [0, 0.1) is 0 Å². The first-order valence-corrected chi connectivity index (χ1v) is 8.06. The zero-order chi connectivity index (χ0) is 14.4. The molecule has 0 bridgehead atoms. The lowest BCUT2D eigenvalue weighted by molar-refractivity contribution is -0.0318. The molecule has 0 heterocycles. The number of hydrogen-bond acceptors (Lipinski definition) is 2. The summed E-state index contributed by atoms with van der Waals surface area (Å²) in [5.74, 6) is 0. The predicted molar refractivity (Wildman–Crippen MR) is 85.5 cm³/mol. The van der Waals surface area contributed by atoms with E-state index in [1.165, 1.54) is 51.4 Å². The fourth-order valence-corrected chi connectivity index (χ4v) is 2.14. The van der Waals surface area contributed by atoms with E-state index in [4.69, 9.17) is 4.74 Å². The zero-order valence-corrected chi connectivity index (χ0v) is 13.6. The van der Waals surface area contributed by atoms with Crippen molar-refractivity contribution >= 4 is 0 Å². The maximum Gasteiger partial charge on any atom is 0.0970 e. The summed E-state index contributed by atoms with van der Waals surface area (Å²) in [5, 5.41) is 3.04. The van der Waals surface area contributed by atoms with E-state index in [-0.39, 0.29) is 5.60 Å². The summed E-state index contributed by atoms with van der Waals surface area (Å²) in [5.41, 5.74) is 0.0218. The molecule has 19 heavy (non-hydrogen) atoms. The molecule has 1 N–H and O–H groups in total. The summed E-state index contributed by atoms with van der Waals surface area (Å²) < 4.78 is 5.74. The molecule has 0 saturated carbocycles. The van der Waals surface area contributed by atoms with Crippen LogP contribution in [-0.2, 0) is 4.74 Å². The highest BCUT2D eigenvalue weighted by molar-refractivity contribution is 4.79. The SMILES string of the molecule is CC/C=C/CCCCCCCCC(C)(C)OCNC. The van der Waals surface area contributed by atoms with Gasteiger partial charge in [0.15, 0.2) is 0 Å². The van der Waals surface area contributed by atoms with Crippen LogP contribution >= 0.6 is 0 Å². The van der Waals surface area contributed by atoms with Crippen molar-refractivity contribution in [1.29, 1.82) is 0 Å². The van der Waals surface area contributed by atoms with Gasteiger partial charge in [-0.1, -0.05) is 51.2 Å². The molecule has 0 fully saturated rings. The maximum atomic E-state index is 5.74. The van der Waals surface area contributed by atoms with Gasteiger partial charge in [0, 0.05) is 0 Å². The molecule has 0 aromatic rings. The topological polar surface area (TPSA) is 21.3 Å². The van der Waals surface area contributed by atoms with Crippen LogP contribution in [0.1, 0.15) is 78.6 Å². The molecule has 0 aliphatic rings. The highest BCUT2D eigenvalue weighted by Gasteiger charge is 2.16. The second kappa shape index (κ2) is 12.7. The van der Waals surface area contributed by atoms with Gasteiger partial charge in [-0.2, -0.15) is 0 Å². The van der Waals surface area contributed by atoms with Crippen molar-refractivity contribution < 1.29 is 4.74 Å². The Balaban J connectivity index is 3.28. The van der Waals surface area contributed by atoms with Gasteiger partial charge in [0.2, 0.25) is 0 Å². The normalized spacial score (nSPS) is 12.4. The number of nitrogens with one attached hydrogen (secondary N) is 1. The summed E-state index contributed by atoms with van der Waals surface area (Å²) in [6, 6.07) is 0. The molecule has 0 atom stereocenters. The van der Waals surface area contributed by atoms with E-state index in [9.17, 15) is 0 Å². The summed E-state index contributed by atoms with van der Waals surface area (Å²) in [6.07, 6.45) is 16.3. The molecule has 0 aromatic carbocycles. The molecule has 0 aliphatic carbocycles. The van der Waals surface area contributed by atoms with Crippen LogP contribution < -0.4 is 5.32 Å². The molecule has 0 rings (SSSR count). The smallest absolute Gasteiger partial charge is 0.0970 e. The zero-order valence-electron chi connectivity index (χ0n) is 13.6. The highest BCUT2D eigenvalue weighted by Crippen LogP contribution is 2.19. The second-order valence-electron chi connectivity index (χ2n) is 5.94. The minimum absolute atomic E-state index is 0.0218. The predicted octanol–water partition coefficient (Wildman–Crippen LogP) is 5.05. The van der Waals surface area contributed by atoms with Crippen LogP contribution in [0.25, 0.3) is 0 Å². The van der Waals surface area contributed by atoms with Crippen molar-refractivity contribution in [2.24, 2.45) is 0 Å². The van der Waals surface area contributed by atoms with Crippen molar-refractivity contribution in [2.45, 2.75) is 84.2 Å². The number of allylic oxidation sites excluding steroid dienone is 2. The van der Waals surface area contributed by atoms with E-state index in [2.05, 4.69) is 38.2 Å². The second-order valence-corrected chi connectivity index (χ2v) is 5.94. The van der Waals surface area contributed by atoms with E-state index in [1.54, 1.807) is 0 Å². The van der Waals surface area contributed by atoms with Crippen LogP contribution in [0.2, 0.25) is 0 Å². The van der Waals surface area contributed by atoms with Crippen LogP contribution in [0.15, 0.2) is 12.2 Å². The van der Waals surface area contributed by atoms with Crippen LogP contribution in [-0.4, -0.2) is 19.4 Å². The first-order valence-electron chi connectivity index (χ1n) is 8.06. The summed E-state index contributed by atoms with van der Waals surface area (Å²) in [7, 11) is 1.92.